The molecule has 0 bridgehead atoms. The maximum Gasteiger partial charge on any atom is 0.0587 e. The molecular formula is C16H21BrN2OS. The maximum absolute atomic E-state index is 5.07. The molecule has 21 heavy (non-hydrogen) atoms. The first-order valence-corrected chi connectivity index (χ1v) is 8.59. The minimum atomic E-state index is 0.731. The fourth-order valence-corrected chi connectivity index (χ4v) is 3.35. The molecule has 0 atom stereocenters. The van der Waals surface area contributed by atoms with E-state index in [0.717, 1.165) is 30.7 Å². The number of anilines is 1. The van der Waals surface area contributed by atoms with Crippen molar-refractivity contribution in [2.45, 2.75) is 13.1 Å². The van der Waals surface area contributed by atoms with Crippen LogP contribution < -0.4 is 10.2 Å². The molecule has 3 nitrogen and oxygen atoms in total. The Morgan fingerprint density at radius 3 is 2.90 bits per heavy atom. The number of hydrogen-bond donors (Lipinski definition) is 1. The lowest BCUT2D eigenvalue weighted by atomic mass is 10.1. The van der Waals surface area contributed by atoms with E-state index in [9.17, 15) is 0 Å². The lowest BCUT2D eigenvalue weighted by Gasteiger charge is -2.22. The molecule has 0 saturated heterocycles. The Bertz CT molecular complexity index is 545. The third-order valence-electron chi connectivity index (χ3n) is 3.22. The second-order valence-electron chi connectivity index (χ2n) is 4.88. The van der Waals surface area contributed by atoms with Gasteiger partial charge in [0.15, 0.2) is 0 Å². The number of rotatable bonds is 8. The van der Waals surface area contributed by atoms with E-state index < -0.39 is 0 Å². The van der Waals surface area contributed by atoms with Gasteiger partial charge in [0.05, 0.1) is 13.2 Å². The molecule has 0 amide bonds. The SMILES string of the molecule is COCCNCc1cc(Br)ccc1N(C)Cc1cccs1. The van der Waals surface area contributed by atoms with Crippen LogP contribution in [0.25, 0.3) is 0 Å². The number of methoxy groups -OCH3 is 1. The molecule has 0 aliphatic carbocycles. The minimum Gasteiger partial charge on any atom is -0.383 e. The number of hydrogen-bond acceptors (Lipinski definition) is 4. The summed E-state index contributed by atoms with van der Waals surface area (Å²) in [6.07, 6.45) is 0. The van der Waals surface area contributed by atoms with Crippen molar-refractivity contribution < 1.29 is 4.74 Å². The van der Waals surface area contributed by atoms with E-state index in [0.29, 0.717) is 0 Å². The number of halogens is 1. The Kier molecular flexibility index (Phi) is 6.70. The van der Waals surface area contributed by atoms with Crippen molar-refractivity contribution in [1.82, 2.24) is 5.32 Å². The van der Waals surface area contributed by atoms with Crippen LogP contribution in [-0.4, -0.2) is 27.3 Å². The molecule has 2 rings (SSSR count). The fraction of sp³-hybridized carbons (Fsp3) is 0.375. The summed E-state index contributed by atoms with van der Waals surface area (Å²) in [6.45, 7) is 3.36. The second-order valence-corrected chi connectivity index (χ2v) is 6.83. The monoisotopic (exact) mass is 368 g/mol. The Hall–Kier alpha value is -0.880. The van der Waals surface area contributed by atoms with Gasteiger partial charge in [-0.2, -0.15) is 0 Å². The lowest BCUT2D eigenvalue weighted by Crippen LogP contribution is -2.22. The lowest BCUT2D eigenvalue weighted by molar-refractivity contribution is 0.199. The van der Waals surface area contributed by atoms with Gasteiger partial charge in [0.25, 0.3) is 0 Å². The normalized spacial score (nSPS) is 10.8. The van der Waals surface area contributed by atoms with Crippen molar-refractivity contribution in [3.05, 3.63) is 50.6 Å². The molecule has 1 heterocycles. The van der Waals surface area contributed by atoms with E-state index in [2.05, 4.69) is 68.9 Å². The Balaban J connectivity index is 2.06. The summed E-state index contributed by atoms with van der Waals surface area (Å²) >= 11 is 5.36. The number of benzene rings is 1. The van der Waals surface area contributed by atoms with E-state index in [1.165, 1.54) is 16.1 Å². The van der Waals surface area contributed by atoms with Gasteiger partial charge in [-0.25, -0.2) is 0 Å². The van der Waals surface area contributed by atoms with Crippen molar-refractivity contribution in [2.75, 3.05) is 32.2 Å². The molecule has 1 N–H and O–H groups in total. The summed E-state index contributed by atoms with van der Waals surface area (Å²) in [6, 6.07) is 10.7. The molecule has 0 fully saturated rings. The van der Waals surface area contributed by atoms with Crippen LogP contribution >= 0.6 is 27.3 Å². The van der Waals surface area contributed by atoms with Gasteiger partial charge in [0.1, 0.15) is 0 Å². The molecule has 5 heteroatoms. The van der Waals surface area contributed by atoms with Gasteiger partial charge in [0, 0.05) is 42.3 Å². The van der Waals surface area contributed by atoms with Gasteiger partial charge >= 0.3 is 0 Å². The summed E-state index contributed by atoms with van der Waals surface area (Å²) in [5.74, 6) is 0. The first kappa shape index (κ1) is 16.5. The van der Waals surface area contributed by atoms with E-state index in [1.807, 2.05) is 0 Å². The Morgan fingerprint density at radius 1 is 1.33 bits per heavy atom. The highest BCUT2D eigenvalue weighted by molar-refractivity contribution is 9.10. The predicted octanol–water partition coefficient (Wildman–Crippen LogP) is 3.88. The van der Waals surface area contributed by atoms with Crippen LogP contribution in [-0.2, 0) is 17.8 Å². The second kappa shape index (κ2) is 8.54. The van der Waals surface area contributed by atoms with Crippen LogP contribution in [0.15, 0.2) is 40.2 Å². The first-order chi connectivity index (χ1) is 10.2. The Labute approximate surface area is 139 Å². The predicted molar refractivity (Wildman–Crippen MR) is 94.2 cm³/mol. The number of nitrogens with one attached hydrogen (secondary N) is 1. The van der Waals surface area contributed by atoms with Gasteiger partial charge in [-0.3, -0.25) is 0 Å². The van der Waals surface area contributed by atoms with Crippen LogP contribution in [0.3, 0.4) is 0 Å². The first-order valence-electron chi connectivity index (χ1n) is 6.92. The van der Waals surface area contributed by atoms with Crippen LogP contribution in [0.5, 0.6) is 0 Å². The average molecular weight is 369 g/mol. The van der Waals surface area contributed by atoms with Crippen LogP contribution in [0.4, 0.5) is 5.69 Å². The van der Waals surface area contributed by atoms with Gasteiger partial charge in [-0.05, 0) is 35.2 Å². The molecule has 1 aromatic heterocycles. The van der Waals surface area contributed by atoms with E-state index in [-0.39, 0.29) is 0 Å². The van der Waals surface area contributed by atoms with E-state index >= 15 is 0 Å². The van der Waals surface area contributed by atoms with Crippen molar-refractivity contribution >= 4 is 33.0 Å². The van der Waals surface area contributed by atoms with Gasteiger partial charge in [-0.15, -0.1) is 11.3 Å². The highest BCUT2D eigenvalue weighted by Crippen LogP contribution is 2.25. The fourth-order valence-electron chi connectivity index (χ4n) is 2.19. The van der Waals surface area contributed by atoms with Crippen molar-refractivity contribution in [3.8, 4) is 0 Å². The highest BCUT2D eigenvalue weighted by atomic mass is 79.9. The summed E-state index contributed by atoms with van der Waals surface area (Å²) in [5.41, 5.74) is 2.55. The Morgan fingerprint density at radius 2 is 2.19 bits per heavy atom. The number of ether oxygens (including phenoxy) is 1. The number of nitrogens with zero attached hydrogens (tertiary/aromatic N) is 1. The zero-order chi connectivity index (χ0) is 15.1. The summed E-state index contributed by atoms with van der Waals surface area (Å²) < 4.78 is 6.18. The summed E-state index contributed by atoms with van der Waals surface area (Å²) in [4.78, 5) is 3.67. The molecule has 0 radical (unpaired) electrons. The van der Waals surface area contributed by atoms with Crippen molar-refractivity contribution in [2.24, 2.45) is 0 Å². The summed E-state index contributed by atoms with van der Waals surface area (Å²) in [5, 5.41) is 5.54. The van der Waals surface area contributed by atoms with Crippen LogP contribution in [0.1, 0.15) is 10.4 Å². The molecule has 0 unspecified atom stereocenters. The van der Waals surface area contributed by atoms with Gasteiger partial charge in [-0.1, -0.05) is 22.0 Å². The van der Waals surface area contributed by atoms with Gasteiger partial charge in [0.2, 0.25) is 0 Å². The standard InChI is InChI=1S/C16H21BrN2OS/c1-19(12-15-4-3-9-21-15)16-6-5-14(17)10-13(16)11-18-7-8-20-2/h3-6,9-10,18H,7-8,11-12H2,1-2H3. The van der Waals surface area contributed by atoms with E-state index in [4.69, 9.17) is 4.74 Å². The molecular weight excluding hydrogens is 348 g/mol. The van der Waals surface area contributed by atoms with Crippen LogP contribution in [0, 0.1) is 0 Å². The zero-order valence-corrected chi connectivity index (χ0v) is 14.8. The topological polar surface area (TPSA) is 24.5 Å². The quantitative estimate of drug-likeness (QED) is 0.715. The van der Waals surface area contributed by atoms with E-state index in [1.54, 1.807) is 18.4 Å². The molecule has 0 aliphatic rings. The maximum atomic E-state index is 5.07. The molecule has 2 aromatic rings. The minimum absolute atomic E-state index is 0.731. The molecule has 0 spiro atoms. The highest BCUT2D eigenvalue weighted by Gasteiger charge is 2.09. The molecule has 0 saturated carbocycles. The average Bonchev–Trinajstić information content (AvgIpc) is 2.96. The van der Waals surface area contributed by atoms with Crippen molar-refractivity contribution in [1.29, 1.82) is 0 Å². The third-order valence-corrected chi connectivity index (χ3v) is 4.58. The molecule has 0 aliphatic heterocycles. The summed E-state index contributed by atoms with van der Waals surface area (Å²) in [7, 11) is 3.86. The largest absolute Gasteiger partial charge is 0.383 e. The number of thiophene rings is 1. The smallest absolute Gasteiger partial charge is 0.0587 e. The van der Waals surface area contributed by atoms with Crippen LogP contribution in [0.2, 0.25) is 0 Å². The third kappa shape index (κ3) is 5.11. The van der Waals surface area contributed by atoms with Gasteiger partial charge < -0.3 is 15.0 Å². The molecule has 1 aromatic carbocycles. The van der Waals surface area contributed by atoms with Crippen molar-refractivity contribution in [3.63, 3.8) is 0 Å². The zero-order valence-electron chi connectivity index (χ0n) is 12.4. The molecule has 114 valence electrons.